The lowest BCUT2D eigenvalue weighted by atomic mass is 9.96. The molecule has 3 rings (SSSR count). The summed E-state index contributed by atoms with van der Waals surface area (Å²) in [4.78, 5) is 12.5. The van der Waals surface area contributed by atoms with E-state index in [-0.39, 0.29) is 11.7 Å². The Balaban J connectivity index is 2.27. The van der Waals surface area contributed by atoms with Crippen molar-refractivity contribution < 1.29 is 19.4 Å². The van der Waals surface area contributed by atoms with E-state index in [0.29, 0.717) is 28.9 Å². The van der Waals surface area contributed by atoms with E-state index in [1.165, 1.54) is 6.07 Å². The number of carbonyl (C=O) groups is 1. The predicted octanol–water partition coefficient (Wildman–Crippen LogP) is 5.56. The summed E-state index contributed by atoms with van der Waals surface area (Å²) in [6.45, 7) is 7.63. The first-order chi connectivity index (χ1) is 12.8. The maximum absolute atomic E-state index is 12.5. The molecule has 1 N–H and O–H groups in total. The molecule has 0 aliphatic heterocycles. The molecule has 4 nitrogen and oxygen atoms in total. The molecule has 0 aliphatic carbocycles. The van der Waals surface area contributed by atoms with E-state index in [0.717, 1.165) is 11.1 Å². The molecule has 0 aromatic heterocycles. The van der Waals surface area contributed by atoms with Crippen molar-refractivity contribution in [3.8, 4) is 28.4 Å². The molecule has 140 valence electrons. The largest absolute Gasteiger partial charge is 0.507 e. The molecular weight excluding hydrogens is 340 g/mol. The number of phenolic OH excluding ortho intramolecular Hbond substituents is 1. The van der Waals surface area contributed by atoms with Gasteiger partial charge in [-0.2, -0.15) is 0 Å². The van der Waals surface area contributed by atoms with Crippen molar-refractivity contribution in [1.29, 1.82) is 0 Å². The lowest BCUT2D eigenvalue weighted by molar-refractivity contribution is -0.143. The van der Waals surface area contributed by atoms with Gasteiger partial charge in [-0.05, 0) is 38.8 Å². The lowest BCUT2D eigenvalue weighted by Gasteiger charge is -2.20. The summed E-state index contributed by atoms with van der Waals surface area (Å²) in [7, 11) is 0. The molecule has 0 heterocycles. The van der Waals surface area contributed by atoms with Gasteiger partial charge in [-0.25, -0.2) is 0 Å². The Morgan fingerprint density at radius 2 is 1.74 bits per heavy atom. The topological polar surface area (TPSA) is 55.8 Å². The maximum Gasteiger partial charge on any atom is 0.316 e. The van der Waals surface area contributed by atoms with Crippen LogP contribution in [0.25, 0.3) is 21.9 Å². The molecule has 4 heteroatoms. The second kappa shape index (κ2) is 7.31. The van der Waals surface area contributed by atoms with Crippen molar-refractivity contribution in [3.63, 3.8) is 0 Å². The van der Waals surface area contributed by atoms with Gasteiger partial charge in [0.15, 0.2) is 11.5 Å². The van der Waals surface area contributed by atoms with Gasteiger partial charge in [-0.3, -0.25) is 4.79 Å². The van der Waals surface area contributed by atoms with Crippen molar-refractivity contribution in [2.45, 2.75) is 27.7 Å². The number of hydrogen-bond acceptors (Lipinski definition) is 4. The molecule has 27 heavy (non-hydrogen) atoms. The van der Waals surface area contributed by atoms with Crippen LogP contribution in [0.1, 0.15) is 27.7 Å². The number of hydrogen-bond donors (Lipinski definition) is 1. The zero-order chi connectivity index (χ0) is 19.6. The zero-order valence-electron chi connectivity index (χ0n) is 16.1. The normalized spacial score (nSPS) is 11.4. The third kappa shape index (κ3) is 3.75. The van der Waals surface area contributed by atoms with E-state index in [1.54, 1.807) is 20.8 Å². The second-order valence-corrected chi connectivity index (χ2v) is 7.39. The van der Waals surface area contributed by atoms with Crippen LogP contribution < -0.4 is 9.47 Å². The van der Waals surface area contributed by atoms with Gasteiger partial charge in [0.2, 0.25) is 0 Å². The van der Waals surface area contributed by atoms with Gasteiger partial charge < -0.3 is 14.6 Å². The first-order valence-electron chi connectivity index (χ1n) is 9.02. The van der Waals surface area contributed by atoms with Crippen LogP contribution in [0, 0.1) is 5.41 Å². The summed E-state index contributed by atoms with van der Waals surface area (Å²) in [6.07, 6.45) is 0. The molecule has 0 fully saturated rings. The zero-order valence-corrected chi connectivity index (χ0v) is 16.1. The van der Waals surface area contributed by atoms with Crippen LogP contribution in [0.5, 0.6) is 17.2 Å². The molecular formula is C23H24O4. The smallest absolute Gasteiger partial charge is 0.316 e. The number of carbonyl (C=O) groups excluding carboxylic acids is 1. The standard InChI is InChI=1S/C23H24O4/c1-5-26-19-14-18(24)20-16(15-10-7-6-8-11-15)12-9-13-17(20)21(19)27-22(25)23(2,3)4/h6-14,24H,5H2,1-4H3. The summed E-state index contributed by atoms with van der Waals surface area (Å²) in [5.74, 6) is 0.414. The molecule has 3 aromatic carbocycles. The van der Waals surface area contributed by atoms with Gasteiger partial charge in [-0.1, -0.05) is 48.5 Å². The second-order valence-electron chi connectivity index (χ2n) is 7.39. The van der Waals surface area contributed by atoms with Crippen molar-refractivity contribution >= 4 is 16.7 Å². The highest BCUT2D eigenvalue weighted by atomic mass is 16.6. The van der Waals surface area contributed by atoms with Gasteiger partial charge in [0.05, 0.1) is 12.0 Å². The van der Waals surface area contributed by atoms with Gasteiger partial charge in [0, 0.05) is 16.8 Å². The molecule has 0 unspecified atom stereocenters. The number of benzene rings is 3. The molecule has 0 aliphatic rings. The van der Waals surface area contributed by atoms with Gasteiger partial charge in [0.25, 0.3) is 0 Å². The molecule has 0 bridgehead atoms. The summed E-state index contributed by atoms with van der Waals surface area (Å²) >= 11 is 0. The third-order valence-corrected chi connectivity index (χ3v) is 4.25. The highest BCUT2D eigenvalue weighted by molar-refractivity contribution is 6.05. The number of aromatic hydroxyl groups is 1. The van der Waals surface area contributed by atoms with Gasteiger partial charge in [0.1, 0.15) is 5.75 Å². The van der Waals surface area contributed by atoms with Gasteiger partial charge >= 0.3 is 5.97 Å². The summed E-state index contributed by atoms with van der Waals surface area (Å²) in [5, 5.41) is 12.0. The number of fused-ring (bicyclic) bond motifs is 1. The fourth-order valence-electron chi connectivity index (χ4n) is 2.88. The summed E-state index contributed by atoms with van der Waals surface area (Å²) in [6, 6.07) is 17.0. The Hall–Kier alpha value is -3.01. The molecule has 0 saturated carbocycles. The first kappa shape index (κ1) is 18.8. The number of rotatable bonds is 4. The van der Waals surface area contributed by atoms with Crippen molar-refractivity contribution in [2.75, 3.05) is 6.61 Å². The Morgan fingerprint density at radius 1 is 1.04 bits per heavy atom. The highest BCUT2D eigenvalue weighted by Gasteiger charge is 2.27. The molecule has 0 spiro atoms. The van der Waals surface area contributed by atoms with Crippen molar-refractivity contribution in [2.24, 2.45) is 5.41 Å². The number of ether oxygens (including phenoxy) is 2. The van der Waals surface area contributed by atoms with Crippen LogP contribution in [0.4, 0.5) is 0 Å². The lowest BCUT2D eigenvalue weighted by Crippen LogP contribution is -2.25. The number of esters is 1. The average molecular weight is 364 g/mol. The predicted molar refractivity (Wildman–Crippen MR) is 107 cm³/mol. The quantitative estimate of drug-likeness (QED) is 0.486. The molecule has 0 saturated heterocycles. The fraction of sp³-hybridized carbons (Fsp3) is 0.261. The molecule has 0 radical (unpaired) electrons. The Morgan fingerprint density at radius 3 is 2.37 bits per heavy atom. The summed E-state index contributed by atoms with van der Waals surface area (Å²) in [5.41, 5.74) is 1.17. The minimum absolute atomic E-state index is 0.0865. The van der Waals surface area contributed by atoms with E-state index in [1.807, 2.05) is 55.5 Å². The Labute approximate surface area is 159 Å². The van der Waals surface area contributed by atoms with E-state index < -0.39 is 5.41 Å². The van der Waals surface area contributed by atoms with Crippen LogP contribution in [-0.2, 0) is 4.79 Å². The van der Waals surface area contributed by atoms with E-state index in [4.69, 9.17) is 9.47 Å². The van der Waals surface area contributed by atoms with Crippen molar-refractivity contribution in [3.05, 3.63) is 54.6 Å². The minimum Gasteiger partial charge on any atom is -0.507 e. The first-order valence-corrected chi connectivity index (χ1v) is 9.02. The Bertz CT molecular complexity index is 969. The third-order valence-electron chi connectivity index (χ3n) is 4.25. The highest BCUT2D eigenvalue weighted by Crippen LogP contribution is 2.45. The van der Waals surface area contributed by atoms with E-state index in [2.05, 4.69) is 0 Å². The Kier molecular flexibility index (Phi) is 5.08. The maximum atomic E-state index is 12.5. The monoisotopic (exact) mass is 364 g/mol. The summed E-state index contributed by atoms with van der Waals surface area (Å²) < 4.78 is 11.4. The minimum atomic E-state index is -0.662. The SMILES string of the molecule is CCOc1cc(O)c2c(-c3ccccc3)cccc2c1OC(=O)C(C)(C)C. The van der Waals surface area contributed by atoms with E-state index >= 15 is 0 Å². The van der Waals surface area contributed by atoms with Gasteiger partial charge in [-0.15, -0.1) is 0 Å². The van der Waals surface area contributed by atoms with Crippen molar-refractivity contribution in [1.82, 2.24) is 0 Å². The average Bonchev–Trinajstić information content (AvgIpc) is 2.64. The fourth-order valence-corrected chi connectivity index (χ4v) is 2.88. The molecule has 3 aromatic rings. The van der Waals surface area contributed by atoms with Crippen LogP contribution in [-0.4, -0.2) is 17.7 Å². The van der Waals surface area contributed by atoms with Crippen LogP contribution in [0.15, 0.2) is 54.6 Å². The van der Waals surface area contributed by atoms with Crippen LogP contribution in [0.3, 0.4) is 0 Å². The number of phenols is 1. The molecule has 0 amide bonds. The van der Waals surface area contributed by atoms with Crippen LogP contribution in [0.2, 0.25) is 0 Å². The molecule has 0 atom stereocenters. The van der Waals surface area contributed by atoms with Crippen LogP contribution >= 0.6 is 0 Å². The van der Waals surface area contributed by atoms with E-state index in [9.17, 15) is 9.90 Å².